The number of benzene rings is 1. The van der Waals surface area contributed by atoms with Crippen molar-refractivity contribution in [1.82, 2.24) is 14.8 Å². The van der Waals surface area contributed by atoms with Gasteiger partial charge in [0, 0.05) is 24.9 Å². The fourth-order valence-electron chi connectivity index (χ4n) is 2.60. The molecule has 152 valence electrons. The van der Waals surface area contributed by atoms with Crippen LogP contribution in [0.2, 0.25) is 0 Å². The van der Waals surface area contributed by atoms with Crippen LogP contribution in [-0.2, 0) is 7.05 Å². The van der Waals surface area contributed by atoms with Crippen molar-refractivity contribution in [2.24, 2.45) is 7.05 Å². The van der Waals surface area contributed by atoms with E-state index < -0.39 is 35.5 Å². The Morgan fingerprint density at radius 3 is 2.41 bits per heavy atom. The minimum absolute atomic E-state index is 0.153. The predicted octanol–water partition coefficient (Wildman–Crippen LogP) is 4.22. The normalized spacial score (nSPS) is 11.4. The van der Waals surface area contributed by atoms with E-state index >= 15 is 0 Å². The fraction of sp³-hybridized carbons (Fsp3) is 0.167. The number of hydrogen-bond acceptors (Lipinski definition) is 4. The molecule has 0 bridgehead atoms. The number of ether oxygens (including phenoxy) is 1. The Labute approximate surface area is 160 Å². The zero-order valence-corrected chi connectivity index (χ0v) is 15.0. The lowest BCUT2D eigenvalue weighted by Crippen LogP contribution is -2.18. The number of hydrogen-bond donors (Lipinski definition) is 1. The molecule has 2 aromatic heterocycles. The summed E-state index contributed by atoms with van der Waals surface area (Å²) in [5.74, 6) is -3.39. The van der Waals surface area contributed by atoms with E-state index in [0.29, 0.717) is 16.8 Å². The Morgan fingerprint density at radius 2 is 1.83 bits per heavy atom. The van der Waals surface area contributed by atoms with Gasteiger partial charge in [-0.15, -0.1) is 13.2 Å². The monoisotopic (exact) mass is 412 g/mol. The maximum absolute atomic E-state index is 13.7. The van der Waals surface area contributed by atoms with Crippen molar-refractivity contribution in [3.63, 3.8) is 0 Å². The molecule has 1 N–H and O–H groups in total. The van der Waals surface area contributed by atoms with Crippen LogP contribution in [0, 0.1) is 18.6 Å². The molecule has 3 aromatic rings. The number of anilines is 1. The minimum atomic E-state index is -4.87. The van der Waals surface area contributed by atoms with Crippen LogP contribution < -0.4 is 10.1 Å². The molecule has 0 atom stereocenters. The van der Waals surface area contributed by atoms with Gasteiger partial charge in [-0.25, -0.2) is 13.8 Å². The summed E-state index contributed by atoms with van der Waals surface area (Å²) in [4.78, 5) is 15.9. The molecular formula is C18H13F5N4O2. The summed E-state index contributed by atoms with van der Waals surface area (Å²) in [5.41, 5.74) is 0.365. The first-order valence-electron chi connectivity index (χ1n) is 8.07. The Morgan fingerprint density at radius 1 is 1.17 bits per heavy atom. The Bertz CT molecular complexity index is 1060. The van der Waals surface area contributed by atoms with E-state index in [-0.39, 0.29) is 5.69 Å². The summed E-state index contributed by atoms with van der Waals surface area (Å²) >= 11 is 0. The van der Waals surface area contributed by atoms with Gasteiger partial charge in [-0.05, 0) is 30.7 Å². The van der Waals surface area contributed by atoms with E-state index in [9.17, 15) is 26.7 Å². The molecule has 2 heterocycles. The van der Waals surface area contributed by atoms with Crippen LogP contribution in [0.25, 0.3) is 11.3 Å². The number of pyridine rings is 1. The van der Waals surface area contributed by atoms with E-state index in [1.165, 1.54) is 24.7 Å². The van der Waals surface area contributed by atoms with Crippen LogP contribution in [-0.4, -0.2) is 27.0 Å². The summed E-state index contributed by atoms with van der Waals surface area (Å²) in [5, 5.41) is 6.10. The first kappa shape index (κ1) is 20.2. The number of rotatable bonds is 4. The van der Waals surface area contributed by atoms with Gasteiger partial charge in [0.25, 0.3) is 5.91 Å². The number of para-hydroxylation sites is 1. The molecular weight excluding hydrogens is 399 g/mol. The van der Waals surface area contributed by atoms with Gasteiger partial charge in [0.05, 0.1) is 5.69 Å². The largest absolute Gasteiger partial charge is 0.574 e. The number of carbonyl (C=O) groups excluding carboxylic acids is 1. The van der Waals surface area contributed by atoms with Gasteiger partial charge in [-0.3, -0.25) is 9.48 Å². The van der Waals surface area contributed by atoms with Gasteiger partial charge in [-0.2, -0.15) is 5.10 Å². The highest BCUT2D eigenvalue weighted by Crippen LogP contribution is 2.28. The average Bonchev–Trinajstić information content (AvgIpc) is 2.98. The lowest BCUT2D eigenvalue weighted by Gasteiger charge is -2.10. The third-order valence-electron chi connectivity index (χ3n) is 3.90. The zero-order valence-electron chi connectivity index (χ0n) is 15.0. The number of aryl methyl sites for hydroxylation is 2. The number of carbonyl (C=O) groups is 1. The van der Waals surface area contributed by atoms with Crippen LogP contribution in [0.4, 0.5) is 27.6 Å². The SMILES string of the molecule is Cc1cc(OC(F)(F)F)ncc1-c1cc(C(=O)Nc2c(F)cccc2F)nn1C. The summed E-state index contributed by atoms with van der Waals surface area (Å²) < 4.78 is 69.4. The molecule has 0 spiro atoms. The van der Waals surface area contributed by atoms with Crippen molar-refractivity contribution < 1.29 is 31.5 Å². The molecule has 0 radical (unpaired) electrons. The van der Waals surface area contributed by atoms with E-state index in [2.05, 4.69) is 20.1 Å². The van der Waals surface area contributed by atoms with Gasteiger partial charge in [0.1, 0.15) is 17.3 Å². The Balaban J connectivity index is 1.88. The average molecular weight is 412 g/mol. The third kappa shape index (κ3) is 4.50. The number of halogens is 5. The maximum atomic E-state index is 13.7. The highest BCUT2D eigenvalue weighted by molar-refractivity contribution is 6.03. The predicted molar refractivity (Wildman–Crippen MR) is 92.2 cm³/mol. The van der Waals surface area contributed by atoms with Crippen molar-refractivity contribution in [3.05, 3.63) is 59.4 Å². The highest BCUT2D eigenvalue weighted by atomic mass is 19.4. The minimum Gasteiger partial charge on any atom is -0.388 e. The second-order valence-electron chi connectivity index (χ2n) is 5.97. The van der Waals surface area contributed by atoms with Gasteiger partial charge in [0.15, 0.2) is 5.69 Å². The Kier molecular flexibility index (Phi) is 5.23. The number of alkyl halides is 3. The van der Waals surface area contributed by atoms with E-state index in [4.69, 9.17) is 0 Å². The molecule has 6 nitrogen and oxygen atoms in total. The molecule has 3 rings (SSSR count). The molecule has 11 heteroatoms. The lowest BCUT2D eigenvalue weighted by molar-refractivity contribution is -0.276. The van der Waals surface area contributed by atoms with Crippen molar-refractivity contribution in [1.29, 1.82) is 0 Å². The van der Waals surface area contributed by atoms with Gasteiger partial charge in [0.2, 0.25) is 5.88 Å². The van der Waals surface area contributed by atoms with Crippen molar-refractivity contribution in [3.8, 4) is 17.1 Å². The molecule has 1 aromatic carbocycles. The van der Waals surface area contributed by atoms with E-state index in [0.717, 1.165) is 30.5 Å². The highest BCUT2D eigenvalue weighted by Gasteiger charge is 2.32. The summed E-state index contributed by atoms with van der Waals surface area (Å²) in [6, 6.07) is 5.54. The van der Waals surface area contributed by atoms with Crippen LogP contribution in [0.3, 0.4) is 0 Å². The summed E-state index contributed by atoms with van der Waals surface area (Å²) in [6.45, 7) is 1.53. The molecule has 0 aliphatic heterocycles. The summed E-state index contributed by atoms with van der Waals surface area (Å²) in [6.07, 6.45) is -3.73. The topological polar surface area (TPSA) is 69.0 Å². The molecule has 0 unspecified atom stereocenters. The van der Waals surface area contributed by atoms with Crippen LogP contribution in [0.5, 0.6) is 5.88 Å². The first-order chi connectivity index (χ1) is 13.5. The maximum Gasteiger partial charge on any atom is 0.574 e. The Hall–Kier alpha value is -3.50. The van der Waals surface area contributed by atoms with Crippen LogP contribution >= 0.6 is 0 Å². The second kappa shape index (κ2) is 7.49. The van der Waals surface area contributed by atoms with Crippen molar-refractivity contribution in [2.45, 2.75) is 13.3 Å². The molecule has 0 aliphatic carbocycles. The third-order valence-corrected chi connectivity index (χ3v) is 3.90. The van der Waals surface area contributed by atoms with E-state index in [1.807, 2.05) is 0 Å². The van der Waals surface area contributed by atoms with Gasteiger partial charge >= 0.3 is 6.36 Å². The van der Waals surface area contributed by atoms with Crippen LogP contribution in [0.1, 0.15) is 16.1 Å². The number of amides is 1. The zero-order chi connectivity index (χ0) is 21.3. The summed E-state index contributed by atoms with van der Waals surface area (Å²) in [7, 11) is 1.50. The number of aromatic nitrogens is 3. The number of nitrogens with zero attached hydrogens (tertiary/aromatic N) is 3. The molecule has 1 amide bonds. The number of nitrogens with one attached hydrogen (secondary N) is 1. The van der Waals surface area contributed by atoms with Crippen molar-refractivity contribution in [2.75, 3.05) is 5.32 Å². The molecule has 0 fully saturated rings. The van der Waals surface area contributed by atoms with Gasteiger partial charge < -0.3 is 10.1 Å². The smallest absolute Gasteiger partial charge is 0.388 e. The fourth-order valence-corrected chi connectivity index (χ4v) is 2.60. The lowest BCUT2D eigenvalue weighted by atomic mass is 10.1. The molecule has 0 saturated carbocycles. The van der Waals surface area contributed by atoms with Crippen molar-refractivity contribution >= 4 is 11.6 Å². The second-order valence-corrected chi connectivity index (χ2v) is 5.97. The molecule has 0 aliphatic rings. The standard InChI is InChI=1S/C18H13F5N4O2/c1-9-6-15(29-18(21,22)23)24-8-10(9)14-7-13(26-27(14)2)17(28)25-16-11(19)4-3-5-12(16)20/h3-8H,1-2H3,(H,25,28). The molecule has 0 saturated heterocycles. The first-order valence-corrected chi connectivity index (χ1v) is 8.07. The van der Waals surface area contributed by atoms with Crippen LogP contribution in [0.15, 0.2) is 36.5 Å². The quantitative estimate of drug-likeness (QED) is 0.652. The molecule has 29 heavy (non-hydrogen) atoms. The van der Waals surface area contributed by atoms with Gasteiger partial charge in [-0.1, -0.05) is 6.07 Å². The van der Waals surface area contributed by atoms with E-state index in [1.54, 1.807) is 0 Å².